The second-order valence-corrected chi connectivity index (χ2v) is 3.09. The van der Waals surface area contributed by atoms with Crippen LogP contribution in [0.25, 0.3) is 0 Å². The minimum Gasteiger partial charge on any atom is -0.298 e. The predicted molar refractivity (Wildman–Crippen MR) is 46.8 cm³/mol. The summed E-state index contributed by atoms with van der Waals surface area (Å²) >= 11 is 0. The van der Waals surface area contributed by atoms with Crippen LogP contribution in [0.15, 0.2) is 12.1 Å². The topological polar surface area (TPSA) is 34.1 Å². The molecule has 0 aliphatic rings. The van der Waals surface area contributed by atoms with Gasteiger partial charge in [0.2, 0.25) is 0 Å². The van der Waals surface area contributed by atoms with E-state index in [9.17, 15) is 27.2 Å². The van der Waals surface area contributed by atoms with E-state index in [-0.39, 0.29) is 11.8 Å². The van der Waals surface area contributed by atoms with Crippen LogP contribution in [-0.4, -0.2) is 12.1 Å². The molecule has 16 heavy (non-hydrogen) atoms. The zero-order valence-corrected chi connectivity index (χ0v) is 8.06. The lowest BCUT2D eigenvalue weighted by Gasteiger charge is -2.10. The molecular weight excluding hydrogens is 228 g/mol. The second-order valence-electron chi connectivity index (χ2n) is 3.09. The molecule has 1 aromatic carbocycles. The Hall–Kier alpha value is -1.72. The molecule has 2 nitrogen and oxygen atoms in total. The summed E-state index contributed by atoms with van der Waals surface area (Å²) in [6.45, 7) is 1.04. The molecule has 0 atom stereocenters. The van der Waals surface area contributed by atoms with Gasteiger partial charge in [-0.05, 0) is 19.1 Å². The van der Waals surface area contributed by atoms with Crippen LogP contribution in [0.2, 0.25) is 0 Å². The molecule has 1 rings (SSSR count). The maximum Gasteiger partial charge on any atom is 0.419 e. The highest BCUT2D eigenvalue weighted by Crippen LogP contribution is 2.32. The van der Waals surface area contributed by atoms with Gasteiger partial charge in [-0.25, -0.2) is 4.39 Å². The van der Waals surface area contributed by atoms with Gasteiger partial charge in [-0.2, -0.15) is 13.2 Å². The fourth-order valence-corrected chi connectivity index (χ4v) is 1.21. The lowest BCUT2D eigenvalue weighted by atomic mass is 10.0. The van der Waals surface area contributed by atoms with Gasteiger partial charge in [0, 0.05) is 11.1 Å². The molecule has 0 saturated heterocycles. The number of aldehydes is 1. The van der Waals surface area contributed by atoms with Gasteiger partial charge in [-0.15, -0.1) is 0 Å². The summed E-state index contributed by atoms with van der Waals surface area (Å²) in [5.41, 5.74) is -2.39. The molecule has 0 amide bonds. The molecule has 0 fully saturated rings. The van der Waals surface area contributed by atoms with Gasteiger partial charge < -0.3 is 0 Å². The summed E-state index contributed by atoms with van der Waals surface area (Å²) in [7, 11) is 0. The zero-order chi connectivity index (χ0) is 12.5. The normalized spacial score (nSPS) is 11.3. The summed E-state index contributed by atoms with van der Waals surface area (Å²) in [5, 5.41) is 0. The molecule has 0 radical (unpaired) electrons. The number of halogens is 4. The van der Waals surface area contributed by atoms with Crippen molar-refractivity contribution in [2.75, 3.05) is 0 Å². The minimum absolute atomic E-state index is 0.0887. The number of benzene rings is 1. The van der Waals surface area contributed by atoms with E-state index in [1.54, 1.807) is 0 Å². The van der Waals surface area contributed by atoms with Gasteiger partial charge in [0.15, 0.2) is 12.1 Å². The van der Waals surface area contributed by atoms with E-state index in [1.165, 1.54) is 0 Å². The van der Waals surface area contributed by atoms with Crippen molar-refractivity contribution in [1.29, 1.82) is 0 Å². The Bertz CT molecular complexity index is 449. The third kappa shape index (κ3) is 2.26. The molecule has 0 saturated carbocycles. The average molecular weight is 234 g/mol. The fraction of sp³-hybridized carbons (Fsp3) is 0.200. The first-order chi connectivity index (χ1) is 7.27. The Balaban J connectivity index is 3.49. The van der Waals surface area contributed by atoms with E-state index >= 15 is 0 Å². The number of carbonyl (C=O) groups excluding carboxylic acids is 2. The summed E-state index contributed by atoms with van der Waals surface area (Å²) < 4.78 is 49.8. The van der Waals surface area contributed by atoms with Crippen molar-refractivity contribution in [3.63, 3.8) is 0 Å². The molecule has 0 aromatic heterocycles. The van der Waals surface area contributed by atoms with Crippen LogP contribution >= 0.6 is 0 Å². The molecule has 0 heterocycles. The van der Waals surface area contributed by atoms with Gasteiger partial charge in [0.1, 0.15) is 5.82 Å². The van der Waals surface area contributed by atoms with Crippen LogP contribution in [0.4, 0.5) is 17.6 Å². The van der Waals surface area contributed by atoms with Crippen LogP contribution in [-0.2, 0) is 6.18 Å². The molecule has 0 aliphatic carbocycles. The number of ketones is 1. The number of hydrogen-bond donors (Lipinski definition) is 0. The largest absolute Gasteiger partial charge is 0.419 e. The third-order valence-corrected chi connectivity index (χ3v) is 1.95. The van der Waals surface area contributed by atoms with Crippen molar-refractivity contribution in [1.82, 2.24) is 0 Å². The molecule has 0 bridgehead atoms. The number of hydrogen-bond acceptors (Lipinski definition) is 2. The molecule has 6 heteroatoms. The lowest BCUT2D eigenvalue weighted by molar-refractivity contribution is -0.140. The van der Waals surface area contributed by atoms with Crippen LogP contribution < -0.4 is 0 Å². The van der Waals surface area contributed by atoms with Crippen LogP contribution in [0.5, 0.6) is 0 Å². The highest BCUT2D eigenvalue weighted by molar-refractivity contribution is 6.01. The first-order valence-electron chi connectivity index (χ1n) is 4.14. The Labute approximate surface area is 87.9 Å². The van der Waals surface area contributed by atoms with Gasteiger partial charge in [-0.1, -0.05) is 0 Å². The fourth-order valence-electron chi connectivity index (χ4n) is 1.21. The summed E-state index contributed by atoms with van der Waals surface area (Å²) in [6.07, 6.45) is -4.80. The number of carbonyl (C=O) groups is 2. The van der Waals surface area contributed by atoms with Crippen molar-refractivity contribution in [2.24, 2.45) is 0 Å². The Morgan fingerprint density at radius 2 is 1.88 bits per heavy atom. The van der Waals surface area contributed by atoms with E-state index in [0.717, 1.165) is 6.92 Å². The first-order valence-corrected chi connectivity index (χ1v) is 4.14. The predicted octanol–water partition coefficient (Wildman–Crippen LogP) is 2.86. The highest BCUT2D eigenvalue weighted by Gasteiger charge is 2.35. The number of rotatable bonds is 2. The maximum atomic E-state index is 13.0. The third-order valence-electron chi connectivity index (χ3n) is 1.95. The Morgan fingerprint density at radius 1 is 1.31 bits per heavy atom. The van der Waals surface area contributed by atoms with Crippen molar-refractivity contribution in [3.05, 3.63) is 34.6 Å². The van der Waals surface area contributed by atoms with E-state index in [4.69, 9.17) is 0 Å². The number of Topliss-reactive ketones (excluding diaryl/α,β-unsaturated/α-hetero) is 1. The lowest BCUT2D eigenvalue weighted by Crippen LogP contribution is -2.11. The number of alkyl halides is 3. The van der Waals surface area contributed by atoms with Gasteiger partial charge in [0.05, 0.1) is 5.56 Å². The summed E-state index contributed by atoms with van der Waals surface area (Å²) in [6, 6.07) is 0.758. The Morgan fingerprint density at radius 3 is 2.25 bits per heavy atom. The van der Waals surface area contributed by atoms with Crippen molar-refractivity contribution < 1.29 is 27.2 Å². The van der Waals surface area contributed by atoms with Crippen LogP contribution in [0.1, 0.15) is 33.2 Å². The SMILES string of the molecule is CC(=O)c1cc(F)c(C(F)(F)F)cc1C=O. The highest BCUT2D eigenvalue weighted by atomic mass is 19.4. The van der Waals surface area contributed by atoms with Gasteiger partial charge >= 0.3 is 6.18 Å². The monoisotopic (exact) mass is 234 g/mol. The average Bonchev–Trinajstić information content (AvgIpc) is 2.15. The summed E-state index contributed by atoms with van der Waals surface area (Å²) in [5.74, 6) is -2.24. The van der Waals surface area contributed by atoms with E-state index in [2.05, 4.69) is 0 Å². The van der Waals surface area contributed by atoms with Gasteiger partial charge in [-0.3, -0.25) is 9.59 Å². The second kappa shape index (κ2) is 4.03. The minimum atomic E-state index is -4.89. The Kier molecular flexibility index (Phi) is 3.11. The molecule has 0 N–H and O–H groups in total. The van der Waals surface area contributed by atoms with Crippen molar-refractivity contribution in [3.8, 4) is 0 Å². The smallest absolute Gasteiger partial charge is 0.298 e. The maximum absolute atomic E-state index is 13.0. The standard InChI is InChI=1S/C10H6F4O2/c1-5(16)7-3-9(11)8(10(12,13)14)2-6(7)4-15/h2-4H,1H3. The van der Waals surface area contributed by atoms with Gasteiger partial charge in [0.25, 0.3) is 0 Å². The molecule has 0 aliphatic heterocycles. The van der Waals surface area contributed by atoms with Crippen molar-refractivity contribution in [2.45, 2.75) is 13.1 Å². The van der Waals surface area contributed by atoms with E-state index in [1.807, 2.05) is 0 Å². The van der Waals surface area contributed by atoms with Crippen LogP contribution in [0, 0.1) is 5.82 Å². The van der Waals surface area contributed by atoms with E-state index < -0.39 is 28.9 Å². The molecule has 86 valence electrons. The van der Waals surface area contributed by atoms with Crippen LogP contribution in [0.3, 0.4) is 0 Å². The van der Waals surface area contributed by atoms with Crippen molar-refractivity contribution >= 4 is 12.1 Å². The quantitative estimate of drug-likeness (QED) is 0.448. The molecule has 0 unspecified atom stereocenters. The zero-order valence-electron chi connectivity index (χ0n) is 8.06. The molecular formula is C10H6F4O2. The van der Waals surface area contributed by atoms with E-state index in [0.29, 0.717) is 12.1 Å². The summed E-state index contributed by atoms with van der Waals surface area (Å²) in [4.78, 5) is 21.4. The molecule has 0 spiro atoms. The molecule has 1 aromatic rings. The first kappa shape index (κ1) is 12.4.